The highest BCUT2D eigenvalue weighted by Gasteiger charge is 2.22. The molecule has 0 atom stereocenters. The molecule has 4 rings (SSSR count). The molecule has 0 radical (unpaired) electrons. The van der Waals surface area contributed by atoms with Gasteiger partial charge in [-0.2, -0.15) is 5.10 Å². The maximum atomic E-state index is 11.0. The van der Waals surface area contributed by atoms with E-state index in [2.05, 4.69) is 42.0 Å². The number of anilines is 2. The van der Waals surface area contributed by atoms with E-state index >= 15 is 0 Å². The van der Waals surface area contributed by atoms with Crippen LogP contribution in [-0.2, 0) is 6.54 Å². The average Bonchev–Trinajstić information content (AvgIpc) is 3.11. The predicted molar refractivity (Wildman–Crippen MR) is 83.3 cm³/mol. The van der Waals surface area contributed by atoms with Gasteiger partial charge >= 0.3 is 0 Å². The first-order valence-electron chi connectivity index (χ1n) is 6.48. The number of pyridine rings is 1. The lowest BCUT2D eigenvalue weighted by molar-refractivity contribution is 0.112. The molecule has 110 valence electrons. The van der Waals surface area contributed by atoms with Crippen LogP contribution in [0, 0.1) is 0 Å². The van der Waals surface area contributed by atoms with E-state index in [1.807, 2.05) is 23.3 Å². The molecule has 1 aliphatic rings. The maximum absolute atomic E-state index is 11.0. The molecule has 3 aromatic heterocycles. The van der Waals surface area contributed by atoms with Gasteiger partial charge in [0.15, 0.2) is 17.9 Å². The second kappa shape index (κ2) is 5.04. The van der Waals surface area contributed by atoms with Crippen molar-refractivity contribution in [1.29, 1.82) is 0 Å². The lowest BCUT2D eigenvalue weighted by Gasteiger charge is -2.16. The van der Waals surface area contributed by atoms with E-state index in [-0.39, 0.29) is 0 Å². The molecular formula is C13H10BrN7O. The van der Waals surface area contributed by atoms with Crippen molar-refractivity contribution in [2.75, 3.05) is 10.4 Å². The van der Waals surface area contributed by atoms with Crippen LogP contribution in [0.25, 0.3) is 5.52 Å². The molecule has 4 heterocycles. The maximum Gasteiger partial charge on any atom is 0.190 e. The zero-order chi connectivity index (χ0) is 15.1. The Labute approximate surface area is 133 Å². The normalized spacial score (nSPS) is 13.2. The number of nitrogens with one attached hydrogen (secondary N) is 2. The highest BCUT2D eigenvalue weighted by molar-refractivity contribution is 9.10. The highest BCUT2D eigenvalue weighted by atomic mass is 79.9. The van der Waals surface area contributed by atoms with Gasteiger partial charge in [0.1, 0.15) is 4.60 Å². The third-order valence-corrected chi connectivity index (χ3v) is 3.76. The van der Waals surface area contributed by atoms with Gasteiger partial charge in [-0.25, -0.2) is 14.5 Å². The van der Waals surface area contributed by atoms with Crippen LogP contribution in [0.15, 0.2) is 35.3 Å². The molecule has 2 N–H and O–H groups in total. The largest absolute Gasteiger partial charge is 0.298 e. The van der Waals surface area contributed by atoms with Crippen molar-refractivity contribution in [2.45, 2.75) is 6.54 Å². The quantitative estimate of drug-likeness (QED) is 0.686. The van der Waals surface area contributed by atoms with Gasteiger partial charge in [-0.15, -0.1) is 5.53 Å². The van der Waals surface area contributed by atoms with E-state index < -0.39 is 0 Å². The van der Waals surface area contributed by atoms with Crippen molar-refractivity contribution in [3.05, 3.63) is 46.5 Å². The molecule has 0 saturated heterocycles. The molecule has 9 heteroatoms. The molecule has 0 bridgehead atoms. The Hall–Kier alpha value is -2.52. The van der Waals surface area contributed by atoms with Crippen LogP contribution in [-0.4, -0.2) is 25.9 Å². The topological polar surface area (TPSA) is 87.5 Å². The van der Waals surface area contributed by atoms with Crippen LogP contribution in [0.4, 0.5) is 11.6 Å². The Morgan fingerprint density at radius 3 is 3.14 bits per heavy atom. The number of rotatable bonds is 3. The van der Waals surface area contributed by atoms with Crippen LogP contribution in [0.1, 0.15) is 15.9 Å². The standard InChI is InChI=1S/C13H10BrN7O/c14-11-5-15-12-13(17-11)21(19-18-12)6-8-1-2-20-10(3-8)9(7-22)4-16-20/h1-5,7,19H,6H2,(H,15,18). The van der Waals surface area contributed by atoms with E-state index in [0.29, 0.717) is 28.3 Å². The predicted octanol–water partition coefficient (Wildman–Crippen LogP) is 1.55. The monoisotopic (exact) mass is 359 g/mol. The van der Waals surface area contributed by atoms with Crippen molar-refractivity contribution in [2.24, 2.45) is 0 Å². The van der Waals surface area contributed by atoms with Gasteiger partial charge in [-0.3, -0.25) is 15.2 Å². The summed E-state index contributed by atoms with van der Waals surface area (Å²) in [6.07, 6.45) is 5.82. The van der Waals surface area contributed by atoms with Gasteiger partial charge in [-0.05, 0) is 33.6 Å². The molecule has 22 heavy (non-hydrogen) atoms. The minimum absolute atomic E-state index is 0.561. The second-order valence-electron chi connectivity index (χ2n) is 4.77. The summed E-state index contributed by atoms with van der Waals surface area (Å²) in [7, 11) is 0. The fraction of sp³-hybridized carbons (Fsp3) is 0.0769. The molecule has 0 spiro atoms. The summed E-state index contributed by atoms with van der Waals surface area (Å²) in [6, 6.07) is 3.88. The molecule has 0 unspecified atom stereocenters. The Bertz CT molecular complexity index is 878. The SMILES string of the molecule is O=Cc1cnn2ccc(CN3NNc4ncc(Br)nc43)cc12. The van der Waals surface area contributed by atoms with Crippen molar-refractivity contribution in [1.82, 2.24) is 25.1 Å². The Morgan fingerprint density at radius 1 is 1.36 bits per heavy atom. The van der Waals surface area contributed by atoms with Crippen LogP contribution in [0.5, 0.6) is 0 Å². The molecule has 0 saturated carbocycles. The number of fused-ring (bicyclic) bond motifs is 2. The number of carbonyl (C=O) groups is 1. The minimum Gasteiger partial charge on any atom is -0.298 e. The molecular weight excluding hydrogens is 350 g/mol. The fourth-order valence-electron chi connectivity index (χ4n) is 2.34. The van der Waals surface area contributed by atoms with Crippen molar-refractivity contribution in [3.63, 3.8) is 0 Å². The van der Waals surface area contributed by atoms with E-state index in [0.717, 1.165) is 17.4 Å². The summed E-state index contributed by atoms with van der Waals surface area (Å²) < 4.78 is 2.34. The smallest absolute Gasteiger partial charge is 0.190 e. The average molecular weight is 360 g/mol. The van der Waals surface area contributed by atoms with Gasteiger partial charge in [0.05, 0.1) is 30.0 Å². The fourth-order valence-corrected chi connectivity index (χ4v) is 2.61. The number of halogens is 1. The lowest BCUT2D eigenvalue weighted by atomic mass is 10.2. The Balaban J connectivity index is 1.67. The third kappa shape index (κ3) is 2.11. The first-order valence-corrected chi connectivity index (χ1v) is 7.27. The summed E-state index contributed by atoms with van der Waals surface area (Å²) in [4.78, 5) is 19.7. The molecule has 3 aromatic rings. The summed E-state index contributed by atoms with van der Waals surface area (Å²) in [5, 5.41) is 5.97. The number of aldehydes is 1. The van der Waals surface area contributed by atoms with Gasteiger partial charge < -0.3 is 0 Å². The number of carbonyl (C=O) groups excluding carboxylic acids is 1. The molecule has 0 fully saturated rings. The molecule has 0 aliphatic carbocycles. The second-order valence-corrected chi connectivity index (χ2v) is 5.58. The minimum atomic E-state index is 0.561. The zero-order valence-corrected chi connectivity index (χ0v) is 12.8. The van der Waals surface area contributed by atoms with Crippen LogP contribution in [0.2, 0.25) is 0 Å². The first kappa shape index (κ1) is 13.2. The van der Waals surface area contributed by atoms with Gasteiger partial charge in [0.2, 0.25) is 0 Å². The highest BCUT2D eigenvalue weighted by Crippen LogP contribution is 2.27. The van der Waals surface area contributed by atoms with Crippen LogP contribution < -0.4 is 16.0 Å². The summed E-state index contributed by atoms with van der Waals surface area (Å²) >= 11 is 3.32. The number of aromatic nitrogens is 4. The van der Waals surface area contributed by atoms with Crippen molar-refractivity contribution in [3.8, 4) is 0 Å². The van der Waals surface area contributed by atoms with Gasteiger partial charge in [-0.1, -0.05) is 0 Å². The van der Waals surface area contributed by atoms with E-state index in [1.165, 1.54) is 0 Å². The summed E-state index contributed by atoms with van der Waals surface area (Å²) in [5.74, 6) is 1.38. The Morgan fingerprint density at radius 2 is 2.27 bits per heavy atom. The number of hydrogen-bond donors (Lipinski definition) is 2. The van der Waals surface area contributed by atoms with E-state index in [1.54, 1.807) is 16.9 Å². The van der Waals surface area contributed by atoms with Crippen molar-refractivity contribution < 1.29 is 4.79 Å². The number of hydrazine groups is 2. The van der Waals surface area contributed by atoms with Gasteiger partial charge in [0.25, 0.3) is 0 Å². The van der Waals surface area contributed by atoms with Crippen molar-refractivity contribution >= 4 is 39.4 Å². The molecule has 0 amide bonds. The molecule has 0 aromatic carbocycles. The zero-order valence-electron chi connectivity index (χ0n) is 11.2. The summed E-state index contributed by atoms with van der Waals surface area (Å²) in [5.41, 5.74) is 8.33. The number of nitrogens with zero attached hydrogens (tertiary/aromatic N) is 5. The Kier molecular flexibility index (Phi) is 3.01. The van der Waals surface area contributed by atoms with Crippen LogP contribution >= 0.6 is 15.9 Å². The van der Waals surface area contributed by atoms with Crippen LogP contribution in [0.3, 0.4) is 0 Å². The van der Waals surface area contributed by atoms with E-state index in [9.17, 15) is 4.79 Å². The summed E-state index contributed by atoms with van der Waals surface area (Å²) in [6.45, 7) is 0.561. The van der Waals surface area contributed by atoms with E-state index in [4.69, 9.17) is 0 Å². The molecule has 8 nitrogen and oxygen atoms in total. The number of hydrogen-bond acceptors (Lipinski definition) is 7. The van der Waals surface area contributed by atoms with Gasteiger partial charge in [0, 0.05) is 6.20 Å². The third-order valence-electron chi connectivity index (χ3n) is 3.37. The lowest BCUT2D eigenvalue weighted by Crippen LogP contribution is -2.35. The first-order chi connectivity index (χ1) is 10.7. The molecule has 1 aliphatic heterocycles.